The van der Waals surface area contributed by atoms with E-state index in [1.54, 1.807) is 36.4 Å². The molecule has 0 unspecified atom stereocenters. The standard InChI is InChI=1S/C19H15NO4S/c21-19(22)18-12-15-7-3-4-8-17(15)20(18)25(23,24)16-10-9-13-5-1-2-6-14(13)11-16/h1-11,18H,12H2,(H,21,22)/t18-/m0/s1. The van der Waals surface area contributed by atoms with E-state index < -0.39 is 22.0 Å². The first kappa shape index (κ1) is 15.7. The fourth-order valence-corrected chi connectivity index (χ4v) is 4.96. The van der Waals surface area contributed by atoms with Crippen LogP contribution >= 0.6 is 0 Å². The van der Waals surface area contributed by atoms with E-state index in [2.05, 4.69) is 0 Å². The van der Waals surface area contributed by atoms with E-state index in [1.807, 2.05) is 24.3 Å². The number of para-hydroxylation sites is 1. The summed E-state index contributed by atoms with van der Waals surface area (Å²) in [5.41, 5.74) is 1.15. The zero-order chi connectivity index (χ0) is 17.6. The van der Waals surface area contributed by atoms with Gasteiger partial charge in [-0.3, -0.25) is 4.31 Å². The summed E-state index contributed by atoms with van der Waals surface area (Å²) in [6.45, 7) is 0. The number of hydrogen-bond donors (Lipinski definition) is 1. The number of aliphatic carboxylic acids is 1. The minimum absolute atomic E-state index is 0.0918. The number of carboxylic acid groups (broad SMARTS) is 1. The quantitative estimate of drug-likeness (QED) is 0.785. The summed E-state index contributed by atoms with van der Waals surface area (Å²) in [4.78, 5) is 11.8. The molecule has 0 aromatic heterocycles. The fourth-order valence-electron chi connectivity index (χ4n) is 3.28. The first-order valence-corrected chi connectivity index (χ1v) is 9.26. The Bertz CT molecular complexity index is 1090. The minimum Gasteiger partial charge on any atom is -0.480 e. The van der Waals surface area contributed by atoms with Crippen LogP contribution in [0.15, 0.2) is 71.6 Å². The molecule has 1 aliphatic rings. The lowest BCUT2D eigenvalue weighted by Gasteiger charge is -2.24. The van der Waals surface area contributed by atoms with Crippen molar-refractivity contribution in [2.75, 3.05) is 4.31 Å². The lowest BCUT2D eigenvalue weighted by molar-refractivity contribution is -0.138. The molecule has 0 radical (unpaired) electrons. The second kappa shape index (κ2) is 5.60. The largest absolute Gasteiger partial charge is 0.480 e. The highest BCUT2D eigenvalue weighted by Gasteiger charge is 2.42. The summed E-state index contributed by atoms with van der Waals surface area (Å²) in [5, 5.41) is 11.3. The van der Waals surface area contributed by atoms with Gasteiger partial charge in [0, 0.05) is 6.42 Å². The van der Waals surface area contributed by atoms with E-state index in [9.17, 15) is 18.3 Å². The van der Waals surface area contributed by atoms with Crippen LogP contribution in [0, 0.1) is 0 Å². The van der Waals surface area contributed by atoms with Gasteiger partial charge in [-0.25, -0.2) is 13.2 Å². The smallest absolute Gasteiger partial charge is 0.327 e. The van der Waals surface area contributed by atoms with Gasteiger partial charge in [-0.2, -0.15) is 0 Å². The van der Waals surface area contributed by atoms with E-state index in [1.165, 1.54) is 6.07 Å². The Kier molecular flexibility index (Phi) is 3.51. The number of carbonyl (C=O) groups is 1. The first-order valence-electron chi connectivity index (χ1n) is 7.82. The topological polar surface area (TPSA) is 74.7 Å². The van der Waals surface area contributed by atoms with Gasteiger partial charge in [0.05, 0.1) is 10.6 Å². The van der Waals surface area contributed by atoms with Crippen molar-refractivity contribution in [2.45, 2.75) is 17.4 Å². The maximum atomic E-state index is 13.2. The third-order valence-corrected chi connectivity index (χ3v) is 6.31. The van der Waals surface area contributed by atoms with Crippen molar-refractivity contribution >= 4 is 32.5 Å². The summed E-state index contributed by atoms with van der Waals surface area (Å²) >= 11 is 0. The number of hydrogen-bond acceptors (Lipinski definition) is 3. The molecule has 1 atom stereocenters. The van der Waals surface area contributed by atoms with Crippen molar-refractivity contribution in [3.05, 3.63) is 72.3 Å². The molecule has 0 bridgehead atoms. The molecule has 4 rings (SSSR count). The first-order chi connectivity index (χ1) is 12.0. The van der Waals surface area contributed by atoms with Crippen molar-refractivity contribution in [3.63, 3.8) is 0 Å². The van der Waals surface area contributed by atoms with Gasteiger partial charge in [-0.15, -0.1) is 0 Å². The summed E-state index contributed by atoms with van der Waals surface area (Å²) in [7, 11) is -3.99. The third-order valence-electron chi connectivity index (χ3n) is 4.49. The number of benzene rings is 3. The number of rotatable bonds is 3. The van der Waals surface area contributed by atoms with Gasteiger partial charge in [0.25, 0.3) is 10.0 Å². The van der Waals surface area contributed by atoms with E-state index in [-0.39, 0.29) is 11.3 Å². The number of nitrogens with zero attached hydrogens (tertiary/aromatic N) is 1. The predicted molar refractivity (Wildman–Crippen MR) is 95.2 cm³/mol. The van der Waals surface area contributed by atoms with Crippen LogP contribution in [-0.4, -0.2) is 25.5 Å². The molecule has 25 heavy (non-hydrogen) atoms. The molecule has 1 aliphatic heterocycles. The van der Waals surface area contributed by atoms with Gasteiger partial charge in [0.2, 0.25) is 0 Å². The van der Waals surface area contributed by atoms with Crippen LogP contribution in [-0.2, 0) is 21.2 Å². The second-order valence-electron chi connectivity index (χ2n) is 6.00. The van der Waals surface area contributed by atoms with E-state index in [0.717, 1.165) is 20.6 Å². The fraction of sp³-hybridized carbons (Fsp3) is 0.105. The minimum atomic E-state index is -3.99. The average Bonchev–Trinajstić information content (AvgIpc) is 3.02. The summed E-state index contributed by atoms with van der Waals surface area (Å²) in [6, 6.07) is 18.1. The molecule has 1 N–H and O–H groups in total. The molecular weight excluding hydrogens is 338 g/mol. The van der Waals surface area contributed by atoms with Crippen molar-refractivity contribution in [1.82, 2.24) is 0 Å². The van der Waals surface area contributed by atoms with Crippen LogP contribution in [0.5, 0.6) is 0 Å². The monoisotopic (exact) mass is 353 g/mol. The molecule has 1 heterocycles. The molecule has 0 amide bonds. The molecule has 6 heteroatoms. The van der Waals surface area contributed by atoms with Crippen LogP contribution in [0.3, 0.4) is 0 Å². The van der Waals surface area contributed by atoms with E-state index in [4.69, 9.17) is 0 Å². The number of anilines is 1. The van der Waals surface area contributed by atoms with Gasteiger partial charge in [0.1, 0.15) is 6.04 Å². The van der Waals surface area contributed by atoms with Gasteiger partial charge in [-0.1, -0.05) is 48.5 Å². The maximum Gasteiger partial charge on any atom is 0.327 e. The van der Waals surface area contributed by atoms with Crippen LogP contribution in [0.25, 0.3) is 10.8 Å². The van der Waals surface area contributed by atoms with Gasteiger partial charge < -0.3 is 5.11 Å². The molecule has 0 aliphatic carbocycles. The molecule has 0 fully saturated rings. The van der Waals surface area contributed by atoms with E-state index in [0.29, 0.717) is 5.69 Å². The maximum absolute atomic E-state index is 13.2. The summed E-state index contributed by atoms with van der Waals surface area (Å²) in [5.74, 6) is -1.15. The van der Waals surface area contributed by atoms with Crippen molar-refractivity contribution in [2.24, 2.45) is 0 Å². The lowest BCUT2D eigenvalue weighted by Crippen LogP contribution is -2.42. The molecule has 0 spiro atoms. The molecule has 0 saturated heterocycles. The van der Waals surface area contributed by atoms with Gasteiger partial charge in [-0.05, 0) is 34.5 Å². The van der Waals surface area contributed by atoms with Crippen LogP contribution in [0.1, 0.15) is 5.56 Å². The third kappa shape index (κ3) is 2.46. The highest BCUT2D eigenvalue weighted by molar-refractivity contribution is 7.93. The average molecular weight is 353 g/mol. The Balaban J connectivity index is 1.88. The Hall–Kier alpha value is -2.86. The highest BCUT2D eigenvalue weighted by atomic mass is 32.2. The summed E-state index contributed by atoms with van der Waals surface area (Å²) in [6.07, 6.45) is 0.165. The Morgan fingerprint density at radius 3 is 2.40 bits per heavy atom. The molecule has 126 valence electrons. The zero-order valence-electron chi connectivity index (χ0n) is 13.2. The lowest BCUT2D eigenvalue weighted by atomic mass is 10.1. The predicted octanol–water partition coefficient (Wildman–Crippen LogP) is 3.04. The van der Waals surface area contributed by atoms with Gasteiger partial charge >= 0.3 is 5.97 Å². The van der Waals surface area contributed by atoms with Crippen LogP contribution in [0.4, 0.5) is 5.69 Å². The molecule has 3 aromatic carbocycles. The highest BCUT2D eigenvalue weighted by Crippen LogP contribution is 2.37. The van der Waals surface area contributed by atoms with Crippen LogP contribution in [0.2, 0.25) is 0 Å². The number of fused-ring (bicyclic) bond motifs is 2. The summed E-state index contributed by atoms with van der Waals surface area (Å²) < 4.78 is 27.5. The Labute approximate surface area is 145 Å². The van der Waals surface area contributed by atoms with Crippen molar-refractivity contribution in [1.29, 1.82) is 0 Å². The van der Waals surface area contributed by atoms with Crippen molar-refractivity contribution in [3.8, 4) is 0 Å². The molecule has 3 aromatic rings. The van der Waals surface area contributed by atoms with Crippen LogP contribution < -0.4 is 4.31 Å². The van der Waals surface area contributed by atoms with Crippen molar-refractivity contribution < 1.29 is 18.3 Å². The Morgan fingerprint density at radius 2 is 1.64 bits per heavy atom. The van der Waals surface area contributed by atoms with E-state index >= 15 is 0 Å². The number of carboxylic acids is 1. The second-order valence-corrected chi connectivity index (χ2v) is 7.81. The SMILES string of the molecule is O=C(O)[C@@H]1Cc2ccccc2N1S(=O)(=O)c1ccc2ccccc2c1. The number of sulfonamides is 1. The van der Waals surface area contributed by atoms with Gasteiger partial charge in [0.15, 0.2) is 0 Å². The molecule has 5 nitrogen and oxygen atoms in total. The molecule has 0 saturated carbocycles. The molecular formula is C19H15NO4S. The zero-order valence-corrected chi connectivity index (χ0v) is 14.0. The normalized spacial score (nSPS) is 16.8. The Morgan fingerprint density at radius 1 is 0.960 bits per heavy atom.